The summed E-state index contributed by atoms with van der Waals surface area (Å²) in [6, 6.07) is 0. The smallest absolute Gasteiger partial charge is 0.0363 e. The quantitative estimate of drug-likeness (QED) is 0.532. The lowest BCUT2D eigenvalue weighted by atomic mass is 9.76. The van der Waals surface area contributed by atoms with Crippen LogP contribution in [0.1, 0.15) is 67.2 Å². The second-order valence-corrected chi connectivity index (χ2v) is 5.21. The third-order valence-corrected chi connectivity index (χ3v) is 3.99. The molecule has 0 aromatic carbocycles. The fourth-order valence-corrected chi connectivity index (χ4v) is 2.47. The van der Waals surface area contributed by atoms with Crippen LogP contribution in [0.2, 0.25) is 0 Å². The highest BCUT2D eigenvalue weighted by molar-refractivity contribution is 4.72. The van der Waals surface area contributed by atoms with Gasteiger partial charge in [0.25, 0.3) is 0 Å². The van der Waals surface area contributed by atoms with E-state index in [1.54, 1.807) is 0 Å². The second kappa shape index (κ2) is 7.31. The van der Waals surface area contributed by atoms with E-state index in [0.29, 0.717) is 0 Å². The summed E-state index contributed by atoms with van der Waals surface area (Å²) in [6.07, 6.45) is 5.50. The topological polar surface area (TPSA) is 0 Å². The molecule has 0 aliphatic rings. The molecule has 0 fully saturated rings. The molecule has 0 aromatic rings. The maximum absolute atomic E-state index is 2.42. The van der Waals surface area contributed by atoms with Gasteiger partial charge >= 0.3 is 0 Å². The van der Waals surface area contributed by atoms with Crippen molar-refractivity contribution >= 4 is 0 Å². The van der Waals surface area contributed by atoms with Gasteiger partial charge in [-0.3, -0.25) is 0 Å². The van der Waals surface area contributed by atoms with Gasteiger partial charge in [0.1, 0.15) is 0 Å². The standard InChI is InChI=1S/C14H30/c1-7-12(6)14(11(4)5)10-13(8-2)9-3/h11-14H,7-10H2,1-6H3. The molecule has 0 bridgehead atoms. The van der Waals surface area contributed by atoms with E-state index in [1.165, 1.54) is 25.7 Å². The Labute approximate surface area is 91.5 Å². The lowest BCUT2D eigenvalue weighted by molar-refractivity contribution is 0.205. The van der Waals surface area contributed by atoms with Crippen molar-refractivity contribution in [3.8, 4) is 0 Å². The summed E-state index contributed by atoms with van der Waals surface area (Å²) in [4.78, 5) is 0. The molecular weight excluding hydrogens is 168 g/mol. The molecule has 0 amide bonds. The summed E-state index contributed by atoms with van der Waals surface area (Å²) in [5.74, 6) is 3.64. The molecule has 0 heterocycles. The zero-order valence-corrected chi connectivity index (χ0v) is 11.1. The first-order valence-corrected chi connectivity index (χ1v) is 6.56. The minimum absolute atomic E-state index is 0.852. The van der Waals surface area contributed by atoms with Crippen LogP contribution in [0, 0.1) is 23.7 Å². The van der Waals surface area contributed by atoms with Crippen molar-refractivity contribution in [3.63, 3.8) is 0 Å². The minimum atomic E-state index is 0.852. The fraction of sp³-hybridized carbons (Fsp3) is 1.00. The highest BCUT2D eigenvalue weighted by atomic mass is 14.3. The Balaban J connectivity index is 4.21. The predicted molar refractivity (Wildman–Crippen MR) is 66.5 cm³/mol. The van der Waals surface area contributed by atoms with Crippen LogP contribution in [-0.4, -0.2) is 0 Å². The Morgan fingerprint density at radius 1 is 0.786 bits per heavy atom. The monoisotopic (exact) mass is 198 g/mol. The molecular formula is C14H30. The van der Waals surface area contributed by atoms with Crippen LogP contribution in [0.4, 0.5) is 0 Å². The van der Waals surface area contributed by atoms with E-state index in [4.69, 9.17) is 0 Å². The summed E-state index contributed by atoms with van der Waals surface area (Å²) >= 11 is 0. The maximum atomic E-state index is 2.42. The highest BCUT2D eigenvalue weighted by Gasteiger charge is 2.22. The molecule has 0 heteroatoms. The lowest BCUT2D eigenvalue weighted by Gasteiger charge is -2.30. The van der Waals surface area contributed by atoms with Crippen molar-refractivity contribution in [1.29, 1.82) is 0 Å². The largest absolute Gasteiger partial charge is 0.0651 e. The van der Waals surface area contributed by atoms with E-state index < -0.39 is 0 Å². The van der Waals surface area contributed by atoms with Crippen LogP contribution in [-0.2, 0) is 0 Å². The Hall–Kier alpha value is 0. The molecule has 0 nitrogen and oxygen atoms in total. The van der Waals surface area contributed by atoms with Gasteiger partial charge in [0.15, 0.2) is 0 Å². The fourth-order valence-electron chi connectivity index (χ4n) is 2.47. The van der Waals surface area contributed by atoms with Crippen LogP contribution < -0.4 is 0 Å². The number of hydrogen-bond donors (Lipinski definition) is 0. The predicted octanol–water partition coefficient (Wildman–Crippen LogP) is 5.13. The van der Waals surface area contributed by atoms with Crippen molar-refractivity contribution in [2.75, 3.05) is 0 Å². The Morgan fingerprint density at radius 2 is 1.29 bits per heavy atom. The molecule has 0 saturated heterocycles. The molecule has 2 unspecified atom stereocenters. The molecule has 0 radical (unpaired) electrons. The first kappa shape index (κ1) is 14.0. The van der Waals surface area contributed by atoms with E-state index in [1.807, 2.05) is 0 Å². The normalized spacial score (nSPS) is 16.3. The Kier molecular flexibility index (Phi) is 7.31. The van der Waals surface area contributed by atoms with Gasteiger partial charge in [-0.25, -0.2) is 0 Å². The van der Waals surface area contributed by atoms with E-state index in [0.717, 1.165) is 23.7 Å². The molecule has 14 heavy (non-hydrogen) atoms. The van der Waals surface area contributed by atoms with Gasteiger partial charge in [-0.2, -0.15) is 0 Å². The van der Waals surface area contributed by atoms with Gasteiger partial charge in [0.05, 0.1) is 0 Å². The third kappa shape index (κ3) is 4.48. The van der Waals surface area contributed by atoms with Crippen molar-refractivity contribution in [3.05, 3.63) is 0 Å². The van der Waals surface area contributed by atoms with E-state index >= 15 is 0 Å². The summed E-state index contributed by atoms with van der Waals surface area (Å²) < 4.78 is 0. The second-order valence-electron chi connectivity index (χ2n) is 5.21. The minimum Gasteiger partial charge on any atom is -0.0651 e. The zero-order chi connectivity index (χ0) is 11.1. The van der Waals surface area contributed by atoms with Crippen molar-refractivity contribution in [1.82, 2.24) is 0 Å². The van der Waals surface area contributed by atoms with Gasteiger partial charge in [0.2, 0.25) is 0 Å². The van der Waals surface area contributed by atoms with Gasteiger partial charge in [-0.05, 0) is 30.1 Å². The highest BCUT2D eigenvalue weighted by Crippen LogP contribution is 2.31. The van der Waals surface area contributed by atoms with Gasteiger partial charge in [-0.1, -0.05) is 60.8 Å². The first-order valence-electron chi connectivity index (χ1n) is 6.56. The van der Waals surface area contributed by atoms with Crippen LogP contribution in [0.15, 0.2) is 0 Å². The summed E-state index contributed by atoms with van der Waals surface area (Å²) in [5.41, 5.74) is 0. The molecule has 0 saturated carbocycles. The molecule has 2 atom stereocenters. The summed E-state index contributed by atoms with van der Waals surface area (Å²) in [7, 11) is 0. The number of hydrogen-bond acceptors (Lipinski definition) is 0. The summed E-state index contributed by atoms with van der Waals surface area (Å²) in [5, 5.41) is 0. The van der Waals surface area contributed by atoms with Gasteiger partial charge in [-0.15, -0.1) is 0 Å². The van der Waals surface area contributed by atoms with Gasteiger partial charge < -0.3 is 0 Å². The van der Waals surface area contributed by atoms with Crippen molar-refractivity contribution in [2.45, 2.75) is 67.2 Å². The number of rotatable bonds is 7. The average Bonchev–Trinajstić information content (AvgIpc) is 2.18. The lowest BCUT2D eigenvalue weighted by Crippen LogP contribution is -2.20. The Morgan fingerprint density at radius 3 is 1.57 bits per heavy atom. The van der Waals surface area contributed by atoms with Crippen LogP contribution in [0.25, 0.3) is 0 Å². The SMILES string of the molecule is CCC(CC)CC(C(C)C)C(C)CC. The van der Waals surface area contributed by atoms with E-state index in [9.17, 15) is 0 Å². The first-order chi connectivity index (χ1) is 6.56. The third-order valence-electron chi connectivity index (χ3n) is 3.99. The molecule has 0 aliphatic heterocycles. The zero-order valence-electron chi connectivity index (χ0n) is 11.1. The van der Waals surface area contributed by atoms with Gasteiger partial charge in [0, 0.05) is 0 Å². The van der Waals surface area contributed by atoms with Crippen LogP contribution in [0.3, 0.4) is 0 Å². The molecule has 0 spiro atoms. The Bertz CT molecular complexity index is 122. The van der Waals surface area contributed by atoms with Crippen LogP contribution in [0.5, 0.6) is 0 Å². The summed E-state index contributed by atoms with van der Waals surface area (Å²) in [6.45, 7) is 14.2. The maximum Gasteiger partial charge on any atom is -0.0363 e. The van der Waals surface area contributed by atoms with Crippen molar-refractivity contribution in [2.24, 2.45) is 23.7 Å². The molecule has 0 aliphatic carbocycles. The molecule has 0 aromatic heterocycles. The molecule has 86 valence electrons. The van der Waals surface area contributed by atoms with Crippen molar-refractivity contribution < 1.29 is 0 Å². The van der Waals surface area contributed by atoms with Crippen LogP contribution >= 0.6 is 0 Å². The van der Waals surface area contributed by atoms with E-state index in [-0.39, 0.29) is 0 Å². The van der Waals surface area contributed by atoms with E-state index in [2.05, 4.69) is 41.5 Å². The average molecular weight is 198 g/mol. The molecule has 0 N–H and O–H groups in total. The molecule has 0 rings (SSSR count).